The van der Waals surface area contributed by atoms with Gasteiger partial charge in [-0.3, -0.25) is 4.79 Å². The lowest BCUT2D eigenvalue weighted by Crippen LogP contribution is -2.53. The molecule has 28 heavy (non-hydrogen) atoms. The fraction of sp³-hybridized carbons (Fsp3) is 0.500. The topological polar surface area (TPSA) is 156 Å². The van der Waals surface area contributed by atoms with Crippen LogP contribution in [0.2, 0.25) is 0 Å². The van der Waals surface area contributed by atoms with Crippen LogP contribution in [0.1, 0.15) is 19.5 Å². The predicted molar refractivity (Wildman–Crippen MR) is 96.7 cm³/mol. The van der Waals surface area contributed by atoms with Crippen LogP contribution in [0.15, 0.2) is 18.5 Å². The summed E-state index contributed by atoms with van der Waals surface area (Å²) in [6, 6.07) is 4.81. The number of hydrogen-bond acceptors (Lipinski definition) is 9. The molecule has 0 aromatic carbocycles. The number of esters is 1. The number of nitriles is 1. The number of rotatable bonds is 4. The summed E-state index contributed by atoms with van der Waals surface area (Å²) in [6.45, 7) is 3.13. The van der Waals surface area contributed by atoms with E-state index in [0.29, 0.717) is 5.52 Å². The van der Waals surface area contributed by atoms with Gasteiger partial charge in [-0.25, -0.2) is 9.50 Å². The number of nitrogen functional groups attached to an aromatic ring is 1. The Morgan fingerprint density at radius 3 is 2.79 bits per heavy atom. The number of aliphatic hydroxyl groups is 2. The summed E-state index contributed by atoms with van der Waals surface area (Å²) < 4.78 is 11.9. The van der Waals surface area contributed by atoms with Gasteiger partial charge in [0.2, 0.25) is 5.60 Å². The monoisotopic (exact) mass is 381 g/mol. The fourth-order valence-corrected chi connectivity index (χ4v) is 3.05. The summed E-state index contributed by atoms with van der Waals surface area (Å²) in [5, 5.41) is 32.7. The first kappa shape index (κ1) is 20.1. The number of aromatic nitrogens is 3. The Hall–Kier alpha value is -2.61. The molecule has 4 N–H and O–H groups in total. The van der Waals surface area contributed by atoms with E-state index in [2.05, 4.69) is 10.1 Å². The van der Waals surface area contributed by atoms with E-state index in [9.17, 15) is 20.3 Å². The molecule has 4 radical (unpaired) electrons. The number of anilines is 1. The Balaban J connectivity index is 2.05. The molecule has 1 unspecified atom stereocenters. The van der Waals surface area contributed by atoms with Crippen LogP contribution in [0.4, 0.5) is 5.82 Å². The largest absolute Gasteiger partial charge is 0.477 e. The first-order valence-electron chi connectivity index (χ1n) is 8.39. The van der Waals surface area contributed by atoms with Crippen molar-refractivity contribution in [1.82, 2.24) is 14.6 Å². The van der Waals surface area contributed by atoms with Crippen molar-refractivity contribution in [3.05, 3.63) is 24.2 Å². The Kier molecular flexibility index (Phi) is 4.87. The van der Waals surface area contributed by atoms with Gasteiger partial charge in [-0.1, -0.05) is 13.8 Å². The number of carbonyl (C=O) groups excluding carboxylic acids is 1. The summed E-state index contributed by atoms with van der Waals surface area (Å²) in [6.07, 6.45) is -3.96. The van der Waals surface area contributed by atoms with Crippen molar-refractivity contribution >= 4 is 33.0 Å². The van der Waals surface area contributed by atoms with E-state index in [-0.39, 0.29) is 11.5 Å². The van der Waals surface area contributed by atoms with E-state index in [0.717, 1.165) is 6.33 Å². The smallest absolute Gasteiger partial charge is 0.307 e. The van der Waals surface area contributed by atoms with Gasteiger partial charge in [0.1, 0.15) is 51.9 Å². The van der Waals surface area contributed by atoms with E-state index in [1.807, 2.05) is 6.07 Å². The molecule has 0 bridgehead atoms. The molecular weight excluding hydrogens is 364 g/mol. The molecule has 12 heteroatoms. The maximum Gasteiger partial charge on any atom is 0.307 e. The van der Waals surface area contributed by atoms with Crippen molar-refractivity contribution in [2.75, 3.05) is 5.73 Å². The molecule has 0 amide bonds. The molecule has 2 aromatic rings. The summed E-state index contributed by atoms with van der Waals surface area (Å²) >= 11 is 0. The molecule has 3 rings (SSSR count). The minimum absolute atomic E-state index is 0.0686. The third kappa shape index (κ3) is 2.92. The highest BCUT2D eigenvalue weighted by Crippen LogP contribution is 2.43. The highest BCUT2D eigenvalue weighted by atomic mass is 16.6. The second-order valence-corrected chi connectivity index (χ2v) is 6.91. The molecular formula is C16H17B2N5O5. The quantitative estimate of drug-likeness (QED) is 0.417. The van der Waals surface area contributed by atoms with Crippen LogP contribution in [-0.2, 0) is 19.9 Å². The second kappa shape index (κ2) is 6.77. The molecule has 4 atom stereocenters. The Bertz CT molecular complexity index is 959. The lowest BCUT2D eigenvalue weighted by Gasteiger charge is -2.35. The highest BCUT2D eigenvalue weighted by molar-refractivity contribution is 6.40. The third-order valence-corrected chi connectivity index (χ3v) is 4.58. The van der Waals surface area contributed by atoms with Gasteiger partial charge in [-0.15, -0.1) is 0 Å². The minimum Gasteiger partial charge on any atom is -0.477 e. The van der Waals surface area contributed by atoms with E-state index in [1.165, 1.54) is 16.6 Å². The summed E-state index contributed by atoms with van der Waals surface area (Å²) in [5.74, 6) is -1.15. The van der Waals surface area contributed by atoms with Crippen LogP contribution in [-0.4, -0.2) is 70.2 Å². The van der Waals surface area contributed by atoms with Gasteiger partial charge in [0, 0.05) is 0 Å². The Labute approximate surface area is 163 Å². The highest BCUT2D eigenvalue weighted by Gasteiger charge is 2.61. The van der Waals surface area contributed by atoms with Crippen LogP contribution < -0.4 is 5.73 Å². The lowest BCUT2D eigenvalue weighted by molar-refractivity contribution is -0.163. The molecule has 142 valence electrons. The molecule has 3 heterocycles. The van der Waals surface area contributed by atoms with Crippen LogP contribution in [0.5, 0.6) is 0 Å². The SMILES string of the molecule is [B]C([B])(OC(=O)C(C)C)C1O[C@@](C#N)(c2ccc3c(N)ncnn23)[C@H](O)[C@@H]1O. The van der Waals surface area contributed by atoms with Gasteiger partial charge in [0.25, 0.3) is 0 Å². The van der Waals surface area contributed by atoms with Crippen molar-refractivity contribution in [2.24, 2.45) is 5.92 Å². The maximum atomic E-state index is 11.9. The van der Waals surface area contributed by atoms with E-state index >= 15 is 0 Å². The first-order chi connectivity index (χ1) is 13.0. The fourth-order valence-electron chi connectivity index (χ4n) is 3.05. The number of nitrogens with zero attached hydrogens (tertiary/aromatic N) is 4. The standard InChI is InChI=1S/C16H17B2N5O5/c1-7(2)14(26)28-16(17,18)12-10(24)11(25)15(5-19,27-12)9-4-3-8-13(20)21-6-22-23(8)9/h3-4,6-7,10-12,24-25H,1-2H3,(H2,20,21,22)/t10-,11+,12?,15-/m0/s1. The van der Waals surface area contributed by atoms with Gasteiger partial charge in [-0.2, -0.15) is 10.4 Å². The zero-order valence-electron chi connectivity index (χ0n) is 15.2. The lowest BCUT2D eigenvalue weighted by atomic mass is 9.60. The van der Waals surface area contributed by atoms with Crippen LogP contribution >= 0.6 is 0 Å². The molecule has 0 spiro atoms. The maximum absolute atomic E-state index is 11.9. The molecule has 1 saturated heterocycles. The van der Waals surface area contributed by atoms with Gasteiger partial charge in [-0.05, 0) is 12.1 Å². The van der Waals surface area contributed by atoms with Gasteiger partial charge in [0.05, 0.1) is 17.0 Å². The molecule has 0 aliphatic carbocycles. The number of fused-ring (bicyclic) bond motifs is 1. The van der Waals surface area contributed by atoms with E-state index in [1.54, 1.807) is 13.8 Å². The normalized spacial score (nSPS) is 27.8. The van der Waals surface area contributed by atoms with Crippen molar-refractivity contribution in [2.45, 2.75) is 43.2 Å². The van der Waals surface area contributed by atoms with Crippen molar-refractivity contribution < 1.29 is 24.5 Å². The number of aliphatic hydroxyl groups excluding tert-OH is 2. The van der Waals surface area contributed by atoms with Gasteiger partial charge in [0.15, 0.2) is 5.82 Å². The molecule has 1 aliphatic heterocycles. The minimum atomic E-state index is -2.30. The van der Waals surface area contributed by atoms with Crippen molar-refractivity contribution in [3.63, 3.8) is 0 Å². The summed E-state index contributed by atoms with van der Waals surface area (Å²) in [7, 11) is 11.7. The number of nitrogens with two attached hydrogens (primary N) is 1. The Morgan fingerprint density at radius 2 is 2.18 bits per heavy atom. The van der Waals surface area contributed by atoms with E-state index < -0.39 is 41.2 Å². The molecule has 2 aromatic heterocycles. The van der Waals surface area contributed by atoms with Crippen LogP contribution in [0.25, 0.3) is 5.52 Å². The molecule has 10 nitrogen and oxygen atoms in total. The molecule has 1 aliphatic rings. The number of ether oxygens (including phenoxy) is 2. The van der Waals surface area contributed by atoms with Gasteiger partial charge < -0.3 is 25.4 Å². The van der Waals surface area contributed by atoms with Crippen LogP contribution in [0.3, 0.4) is 0 Å². The zero-order chi connectivity index (χ0) is 20.9. The van der Waals surface area contributed by atoms with E-state index in [4.69, 9.17) is 30.9 Å². The Morgan fingerprint density at radius 1 is 1.50 bits per heavy atom. The van der Waals surface area contributed by atoms with Crippen molar-refractivity contribution in [3.8, 4) is 6.07 Å². The second-order valence-electron chi connectivity index (χ2n) is 6.91. The summed E-state index contributed by atoms with van der Waals surface area (Å²) in [4.78, 5) is 15.7. The average molecular weight is 381 g/mol. The third-order valence-electron chi connectivity index (χ3n) is 4.58. The van der Waals surface area contributed by atoms with Gasteiger partial charge >= 0.3 is 5.97 Å². The predicted octanol–water partition coefficient (Wildman–Crippen LogP) is -1.66. The van der Waals surface area contributed by atoms with Crippen molar-refractivity contribution in [1.29, 1.82) is 5.26 Å². The van der Waals surface area contributed by atoms with Crippen LogP contribution in [0, 0.1) is 17.2 Å². The first-order valence-corrected chi connectivity index (χ1v) is 8.39. The number of hydrogen-bond donors (Lipinski definition) is 3. The zero-order valence-corrected chi connectivity index (χ0v) is 15.2. The summed E-state index contributed by atoms with van der Waals surface area (Å²) in [5.41, 5.74) is 4.11. The number of carbonyl (C=O) groups is 1. The molecule has 1 fully saturated rings. The average Bonchev–Trinajstić information content (AvgIpc) is 3.17. The molecule has 0 saturated carbocycles.